The van der Waals surface area contributed by atoms with Gasteiger partial charge < -0.3 is 5.11 Å². The van der Waals surface area contributed by atoms with Crippen LogP contribution in [0.1, 0.15) is 24.2 Å². The Morgan fingerprint density at radius 1 is 1.57 bits per heavy atom. The van der Waals surface area contributed by atoms with Crippen LogP contribution in [0.4, 0.5) is 4.39 Å². The van der Waals surface area contributed by atoms with Crippen LogP contribution < -0.4 is 0 Å². The van der Waals surface area contributed by atoms with Crippen molar-refractivity contribution in [1.29, 1.82) is 0 Å². The minimum atomic E-state index is -0.748. The largest absolute Gasteiger partial charge is 0.387 e. The maximum absolute atomic E-state index is 13.4. The maximum Gasteiger partial charge on any atom is 0.129 e. The first-order valence-corrected chi connectivity index (χ1v) is 5.80. The summed E-state index contributed by atoms with van der Waals surface area (Å²) in [5, 5.41) is 10.4. The predicted octanol–water partition coefficient (Wildman–Crippen LogP) is 3.15. The minimum Gasteiger partial charge on any atom is -0.387 e. The van der Waals surface area contributed by atoms with Crippen molar-refractivity contribution in [2.24, 2.45) is 0 Å². The second kappa shape index (κ2) is 3.72. The fraction of sp³-hybridized carbons (Fsp3) is 0.400. The Morgan fingerprint density at radius 2 is 2.29 bits per heavy atom. The molecule has 1 aliphatic rings. The average Bonchev–Trinajstić information content (AvgIpc) is 2.16. The topological polar surface area (TPSA) is 20.2 Å². The molecule has 2 atom stereocenters. The Kier molecular flexibility index (Phi) is 2.73. The molecule has 76 valence electrons. The summed E-state index contributed by atoms with van der Waals surface area (Å²) >= 11 is 7.53. The highest BCUT2D eigenvalue weighted by molar-refractivity contribution is 7.99. The van der Waals surface area contributed by atoms with Gasteiger partial charge in [-0.15, -0.1) is 0 Å². The first-order valence-electron chi connectivity index (χ1n) is 4.37. The van der Waals surface area contributed by atoms with Crippen molar-refractivity contribution in [2.75, 3.05) is 0 Å². The molecular formula is C10H10ClFOS. The molecule has 0 radical (unpaired) electrons. The quantitative estimate of drug-likeness (QED) is 0.742. The summed E-state index contributed by atoms with van der Waals surface area (Å²) in [5.74, 6) is 0.313. The fourth-order valence-electron chi connectivity index (χ4n) is 1.62. The summed E-state index contributed by atoms with van der Waals surface area (Å²) in [4.78, 5) is 0. The highest BCUT2D eigenvalue weighted by Crippen LogP contribution is 2.41. The monoisotopic (exact) mass is 232 g/mol. The Hall–Kier alpha value is -0.250. The van der Waals surface area contributed by atoms with Crippen molar-refractivity contribution in [2.45, 2.75) is 24.0 Å². The number of benzene rings is 1. The van der Waals surface area contributed by atoms with Gasteiger partial charge >= 0.3 is 0 Å². The van der Waals surface area contributed by atoms with Gasteiger partial charge in [-0.1, -0.05) is 18.5 Å². The molecule has 1 aromatic carbocycles. The van der Waals surface area contributed by atoms with Crippen LogP contribution in [-0.2, 0) is 5.75 Å². The maximum atomic E-state index is 13.4. The van der Waals surface area contributed by atoms with Crippen LogP contribution in [0.15, 0.2) is 12.1 Å². The van der Waals surface area contributed by atoms with Crippen molar-refractivity contribution in [1.82, 2.24) is 0 Å². The summed E-state index contributed by atoms with van der Waals surface area (Å²) in [7, 11) is 0. The number of halogens is 2. The number of aliphatic hydroxyl groups is 1. The second-order valence-corrected chi connectivity index (χ2v) is 5.16. The van der Waals surface area contributed by atoms with Crippen LogP contribution in [0.2, 0.25) is 5.02 Å². The highest BCUT2D eigenvalue weighted by Gasteiger charge is 2.29. The molecule has 1 nitrogen and oxygen atoms in total. The van der Waals surface area contributed by atoms with E-state index < -0.39 is 6.10 Å². The fourth-order valence-corrected chi connectivity index (χ4v) is 2.99. The van der Waals surface area contributed by atoms with E-state index in [2.05, 4.69) is 0 Å². The lowest BCUT2D eigenvalue weighted by atomic mass is 10.00. The summed E-state index contributed by atoms with van der Waals surface area (Å²) in [5.41, 5.74) is 1.12. The van der Waals surface area contributed by atoms with Crippen LogP contribution in [0.25, 0.3) is 0 Å². The molecule has 0 saturated carbocycles. The molecule has 0 saturated heterocycles. The predicted molar refractivity (Wildman–Crippen MR) is 57.1 cm³/mol. The molecule has 2 rings (SSSR count). The smallest absolute Gasteiger partial charge is 0.129 e. The van der Waals surface area contributed by atoms with Crippen molar-refractivity contribution in [3.8, 4) is 0 Å². The molecule has 2 unspecified atom stereocenters. The van der Waals surface area contributed by atoms with Gasteiger partial charge in [-0.2, -0.15) is 11.8 Å². The third kappa shape index (κ3) is 1.53. The first kappa shape index (κ1) is 10.3. The lowest BCUT2D eigenvalue weighted by Crippen LogP contribution is -2.20. The normalized spacial score (nSPS) is 26.0. The van der Waals surface area contributed by atoms with Gasteiger partial charge in [0.05, 0.1) is 6.10 Å². The standard InChI is InChI=1S/C10H10ClFOS/c1-5-10(13)9-6(4-14-5)7(11)2-3-8(9)12/h2-3,5,10,13H,4H2,1H3. The molecule has 1 heterocycles. The van der Waals surface area contributed by atoms with Crippen LogP contribution >= 0.6 is 23.4 Å². The number of aliphatic hydroxyl groups excluding tert-OH is 1. The van der Waals surface area contributed by atoms with E-state index in [9.17, 15) is 9.50 Å². The number of thioether (sulfide) groups is 1. The van der Waals surface area contributed by atoms with Crippen LogP contribution in [0.3, 0.4) is 0 Å². The molecule has 0 amide bonds. The zero-order chi connectivity index (χ0) is 10.3. The van der Waals surface area contributed by atoms with Crippen molar-refractivity contribution < 1.29 is 9.50 Å². The van der Waals surface area contributed by atoms with Gasteiger partial charge in [0, 0.05) is 21.6 Å². The Bertz CT molecular complexity index is 369. The van der Waals surface area contributed by atoms with Crippen LogP contribution in [0, 0.1) is 5.82 Å². The molecular weight excluding hydrogens is 223 g/mol. The third-order valence-electron chi connectivity index (χ3n) is 2.48. The minimum absolute atomic E-state index is 0.0236. The zero-order valence-electron chi connectivity index (χ0n) is 7.63. The van der Waals surface area contributed by atoms with Crippen molar-refractivity contribution >= 4 is 23.4 Å². The molecule has 14 heavy (non-hydrogen) atoms. The highest BCUT2D eigenvalue weighted by atomic mass is 35.5. The van der Waals surface area contributed by atoms with Gasteiger partial charge in [-0.3, -0.25) is 0 Å². The zero-order valence-corrected chi connectivity index (χ0v) is 9.20. The summed E-state index contributed by atoms with van der Waals surface area (Å²) < 4.78 is 13.4. The van der Waals surface area contributed by atoms with E-state index in [1.165, 1.54) is 6.07 Å². The lowest BCUT2D eigenvalue weighted by molar-refractivity contribution is 0.172. The SMILES string of the molecule is CC1SCc2c(Cl)ccc(F)c2C1O. The first-order chi connectivity index (χ1) is 6.61. The molecule has 0 spiro atoms. The van der Waals surface area contributed by atoms with Gasteiger partial charge in [0.2, 0.25) is 0 Å². The van der Waals surface area contributed by atoms with E-state index in [0.29, 0.717) is 16.3 Å². The van der Waals surface area contributed by atoms with Gasteiger partial charge in [-0.25, -0.2) is 4.39 Å². The molecule has 1 N–H and O–H groups in total. The third-order valence-corrected chi connectivity index (χ3v) is 4.07. The Balaban J connectivity index is 2.58. The molecule has 0 aliphatic carbocycles. The van der Waals surface area contributed by atoms with Gasteiger partial charge in [0.1, 0.15) is 5.82 Å². The Morgan fingerprint density at radius 3 is 3.00 bits per heavy atom. The molecule has 1 aromatic rings. The molecule has 0 fully saturated rings. The lowest BCUT2D eigenvalue weighted by Gasteiger charge is -2.27. The van der Waals surface area contributed by atoms with E-state index in [4.69, 9.17) is 11.6 Å². The van der Waals surface area contributed by atoms with E-state index in [-0.39, 0.29) is 11.1 Å². The summed E-state index contributed by atoms with van der Waals surface area (Å²) in [6.45, 7) is 1.89. The van der Waals surface area contributed by atoms with Crippen molar-refractivity contribution in [3.05, 3.63) is 34.1 Å². The number of hydrogen-bond donors (Lipinski definition) is 1. The second-order valence-electron chi connectivity index (χ2n) is 3.38. The number of rotatable bonds is 0. The van der Waals surface area contributed by atoms with Gasteiger partial charge in [0.15, 0.2) is 0 Å². The molecule has 4 heteroatoms. The average molecular weight is 233 g/mol. The van der Waals surface area contributed by atoms with Crippen LogP contribution in [0.5, 0.6) is 0 Å². The van der Waals surface area contributed by atoms with E-state index in [1.807, 2.05) is 6.92 Å². The van der Waals surface area contributed by atoms with E-state index in [1.54, 1.807) is 17.8 Å². The molecule has 0 bridgehead atoms. The van der Waals surface area contributed by atoms with Gasteiger partial charge in [0.25, 0.3) is 0 Å². The van der Waals surface area contributed by atoms with Crippen LogP contribution in [-0.4, -0.2) is 10.4 Å². The Labute approximate surface area is 91.3 Å². The van der Waals surface area contributed by atoms with Gasteiger partial charge in [-0.05, 0) is 17.7 Å². The number of hydrogen-bond acceptors (Lipinski definition) is 2. The summed E-state index contributed by atoms with van der Waals surface area (Å²) in [6.07, 6.45) is -0.748. The number of fused-ring (bicyclic) bond motifs is 1. The molecule has 1 aliphatic heterocycles. The summed E-state index contributed by atoms with van der Waals surface area (Å²) in [6, 6.07) is 2.85. The van der Waals surface area contributed by atoms with E-state index >= 15 is 0 Å². The van der Waals surface area contributed by atoms with Crippen molar-refractivity contribution in [3.63, 3.8) is 0 Å². The molecule has 0 aromatic heterocycles. The van der Waals surface area contributed by atoms with E-state index in [0.717, 1.165) is 5.56 Å².